The molecule has 1 aliphatic rings. The lowest BCUT2D eigenvalue weighted by Crippen LogP contribution is -2.30. The van der Waals surface area contributed by atoms with Gasteiger partial charge in [-0.2, -0.15) is 0 Å². The lowest BCUT2D eigenvalue weighted by molar-refractivity contribution is 0.0786. The zero-order valence-electron chi connectivity index (χ0n) is 11.5. The number of likely N-dealkylation sites (tertiary alicyclic amines) is 1. The Kier molecular flexibility index (Phi) is 4.02. The third kappa shape index (κ3) is 2.72. The molecule has 3 heteroatoms. The minimum absolute atomic E-state index is 0.186. The molecule has 1 fully saturated rings. The number of aryl methyl sites for hydroxylation is 2. The quantitative estimate of drug-likeness (QED) is 0.884. The third-order valence-corrected chi connectivity index (χ3v) is 3.68. The molecule has 2 rings (SSSR count). The minimum atomic E-state index is 0.186. The zero-order chi connectivity index (χ0) is 13.1. The molecule has 0 aromatic heterocycles. The molecular weight excluding hydrogens is 224 g/mol. The number of carbonyl (C=O) groups excluding carboxylic acids is 1. The summed E-state index contributed by atoms with van der Waals surface area (Å²) in [6.45, 7) is 6.84. The summed E-state index contributed by atoms with van der Waals surface area (Å²) in [7, 11) is 1.97. The topological polar surface area (TPSA) is 32.3 Å². The number of hydrogen-bond acceptors (Lipinski definition) is 2. The van der Waals surface area contributed by atoms with Gasteiger partial charge in [-0.25, -0.2) is 0 Å². The van der Waals surface area contributed by atoms with Crippen molar-refractivity contribution in [2.24, 2.45) is 5.92 Å². The molecule has 1 aliphatic heterocycles. The first-order valence-electron chi connectivity index (χ1n) is 6.63. The summed E-state index contributed by atoms with van der Waals surface area (Å²) in [5.74, 6) is 0.788. The van der Waals surface area contributed by atoms with E-state index in [0.717, 1.165) is 37.2 Å². The van der Waals surface area contributed by atoms with E-state index in [-0.39, 0.29) is 5.91 Å². The van der Waals surface area contributed by atoms with Crippen LogP contribution in [0.15, 0.2) is 18.2 Å². The van der Waals surface area contributed by atoms with Crippen LogP contribution in [0.4, 0.5) is 0 Å². The molecule has 98 valence electrons. The van der Waals surface area contributed by atoms with E-state index in [0.29, 0.717) is 5.92 Å². The zero-order valence-corrected chi connectivity index (χ0v) is 11.5. The Balaban J connectivity index is 2.08. The number of hydrogen-bond donors (Lipinski definition) is 1. The van der Waals surface area contributed by atoms with Crippen molar-refractivity contribution in [3.05, 3.63) is 34.9 Å². The molecule has 0 spiro atoms. The van der Waals surface area contributed by atoms with Crippen LogP contribution in [-0.4, -0.2) is 37.5 Å². The predicted octanol–water partition coefficient (Wildman–Crippen LogP) is 1.98. The summed E-state index contributed by atoms with van der Waals surface area (Å²) in [6.07, 6.45) is 1.11. The molecular formula is C15H22N2O. The average molecular weight is 246 g/mol. The van der Waals surface area contributed by atoms with Gasteiger partial charge >= 0.3 is 0 Å². The molecule has 1 saturated heterocycles. The second-order valence-electron chi connectivity index (χ2n) is 5.28. The van der Waals surface area contributed by atoms with Crippen LogP contribution in [0.1, 0.15) is 27.9 Å². The molecule has 1 atom stereocenters. The lowest BCUT2D eigenvalue weighted by Gasteiger charge is -2.18. The Morgan fingerprint density at radius 2 is 2.22 bits per heavy atom. The molecule has 0 bridgehead atoms. The van der Waals surface area contributed by atoms with Crippen molar-refractivity contribution in [1.82, 2.24) is 10.2 Å². The maximum absolute atomic E-state index is 12.4. The molecule has 0 unspecified atom stereocenters. The van der Waals surface area contributed by atoms with E-state index in [2.05, 4.69) is 18.3 Å². The van der Waals surface area contributed by atoms with Crippen LogP contribution in [0, 0.1) is 19.8 Å². The minimum Gasteiger partial charge on any atom is -0.338 e. The number of nitrogens with zero attached hydrogens (tertiary/aromatic N) is 1. The number of carbonyl (C=O) groups is 1. The maximum Gasteiger partial charge on any atom is 0.254 e. The summed E-state index contributed by atoms with van der Waals surface area (Å²) in [6, 6.07) is 6.05. The standard InChI is InChI=1S/C15H22N2O/c1-11-4-5-14(12(2)8-11)15(18)17-7-6-13(10-17)9-16-3/h4-5,8,13,16H,6-7,9-10H2,1-3H3/t13-/m1/s1. The van der Waals surface area contributed by atoms with Gasteiger partial charge in [-0.05, 0) is 51.4 Å². The van der Waals surface area contributed by atoms with E-state index in [9.17, 15) is 4.79 Å². The normalized spacial score (nSPS) is 19.3. The second-order valence-corrected chi connectivity index (χ2v) is 5.28. The summed E-state index contributed by atoms with van der Waals surface area (Å²) in [4.78, 5) is 14.4. The SMILES string of the molecule is CNC[C@H]1CCN(C(=O)c2ccc(C)cc2C)C1. The van der Waals surface area contributed by atoms with Crippen molar-refractivity contribution >= 4 is 5.91 Å². The van der Waals surface area contributed by atoms with Gasteiger partial charge in [0, 0.05) is 18.7 Å². The number of rotatable bonds is 3. The Bertz CT molecular complexity index is 442. The molecule has 1 amide bonds. The van der Waals surface area contributed by atoms with Crippen LogP contribution in [-0.2, 0) is 0 Å². The maximum atomic E-state index is 12.4. The highest BCUT2D eigenvalue weighted by Crippen LogP contribution is 2.20. The van der Waals surface area contributed by atoms with Crippen molar-refractivity contribution in [2.45, 2.75) is 20.3 Å². The van der Waals surface area contributed by atoms with Crippen LogP contribution >= 0.6 is 0 Å². The second kappa shape index (κ2) is 5.53. The lowest BCUT2D eigenvalue weighted by atomic mass is 10.0. The average Bonchev–Trinajstić information content (AvgIpc) is 2.77. The van der Waals surface area contributed by atoms with Crippen LogP contribution in [0.3, 0.4) is 0 Å². The van der Waals surface area contributed by atoms with Crippen LogP contribution in [0.2, 0.25) is 0 Å². The molecule has 1 aromatic carbocycles. The Morgan fingerprint density at radius 1 is 1.44 bits per heavy atom. The summed E-state index contributed by atoms with van der Waals surface area (Å²) < 4.78 is 0. The van der Waals surface area contributed by atoms with E-state index < -0.39 is 0 Å². The van der Waals surface area contributed by atoms with Gasteiger partial charge in [0.2, 0.25) is 0 Å². The van der Waals surface area contributed by atoms with Gasteiger partial charge in [0.05, 0.1) is 0 Å². The smallest absolute Gasteiger partial charge is 0.254 e. The first-order valence-corrected chi connectivity index (χ1v) is 6.63. The van der Waals surface area contributed by atoms with Crippen molar-refractivity contribution in [1.29, 1.82) is 0 Å². The van der Waals surface area contributed by atoms with Crippen LogP contribution < -0.4 is 5.32 Å². The van der Waals surface area contributed by atoms with E-state index in [1.807, 2.05) is 31.0 Å². The van der Waals surface area contributed by atoms with Crippen molar-refractivity contribution in [2.75, 3.05) is 26.7 Å². The van der Waals surface area contributed by atoms with Gasteiger partial charge in [0.1, 0.15) is 0 Å². The van der Waals surface area contributed by atoms with Crippen molar-refractivity contribution in [3.63, 3.8) is 0 Å². The monoisotopic (exact) mass is 246 g/mol. The van der Waals surface area contributed by atoms with Gasteiger partial charge in [0.15, 0.2) is 0 Å². The summed E-state index contributed by atoms with van der Waals surface area (Å²) in [5.41, 5.74) is 3.14. The number of benzene rings is 1. The predicted molar refractivity (Wildman–Crippen MR) is 73.9 cm³/mol. The molecule has 3 nitrogen and oxygen atoms in total. The first kappa shape index (κ1) is 13.1. The van der Waals surface area contributed by atoms with Crippen molar-refractivity contribution < 1.29 is 4.79 Å². The molecule has 0 saturated carbocycles. The highest BCUT2D eigenvalue weighted by atomic mass is 16.2. The Labute approximate surface area is 109 Å². The van der Waals surface area contributed by atoms with Crippen LogP contribution in [0.25, 0.3) is 0 Å². The van der Waals surface area contributed by atoms with E-state index >= 15 is 0 Å². The number of nitrogens with one attached hydrogen (secondary N) is 1. The molecule has 1 aromatic rings. The van der Waals surface area contributed by atoms with Crippen molar-refractivity contribution in [3.8, 4) is 0 Å². The molecule has 1 N–H and O–H groups in total. The van der Waals surface area contributed by atoms with E-state index in [1.165, 1.54) is 5.56 Å². The highest BCUT2D eigenvalue weighted by molar-refractivity contribution is 5.95. The number of amides is 1. The van der Waals surface area contributed by atoms with Gasteiger partial charge in [0.25, 0.3) is 5.91 Å². The highest BCUT2D eigenvalue weighted by Gasteiger charge is 2.26. The van der Waals surface area contributed by atoms with Gasteiger partial charge in [-0.1, -0.05) is 17.7 Å². The fourth-order valence-corrected chi connectivity index (χ4v) is 2.70. The fraction of sp³-hybridized carbons (Fsp3) is 0.533. The van der Waals surface area contributed by atoms with Gasteiger partial charge < -0.3 is 10.2 Å². The summed E-state index contributed by atoms with van der Waals surface area (Å²) in [5, 5.41) is 3.19. The van der Waals surface area contributed by atoms with Gasteiger partial charge in [-0.15, -0.1) is 0 Å². The first-order chi connectivity index (χ1) is 8.61. The molecule has 18 heavy (non-hydrogen) atoms. The molecule has 0 aliphatic carbocycles. The Morgan fingerprint density at radius 3 is 2.89 bits per heavy atom. The van der Waals surface area contributed by atoms with E-state index in [1.54, 1.807) is 0 Å². The molecule has 1 heterocycles. The summed E-state index contributed by atoms with van der Waals surface area (Å²) >= 11 is 0. The fourth-order valence-electron chi connectivity index (χ4n) is 2.70. The van der Waals surface area contributed by atoms with Gasteiger partial charge in [-0.3, -0.25) is 4.79 Å². The van der Waals surface area contributed by atoms with E-state index in [4.69, 9.17) is 0 Å². The largest absolute Gasteiger partial charge is 0.338 e. The van der Waals surface area contributed by atoms with Crippen LogP contribution in [0.5, 0.6) is 0 Å². The Hall–Kier alpha value is -1.35. The molecule has 0 radical (unpaired) electrons. The third-order valence-electron chi connectivity index (χ3n) is 3.68.